The molecule has 12 nitrogen and oxygen atoms in total. The summed E-state index contributed by atoms with van der Waals surface area (Å²) in [5.74, 6) is -0.490. The lowest BCUT2D eigenvalue weighted by atomic mass is 9.87. The number of rotatable bonds is 8. The highest BCUT2D eigenvalue weighted by Gasteiger charge is 2.42. The van der Waals surface area contributed by atoms with Crippen molar-refractivity contribution in [2.75, 3.05) is 10.2 Å². The van der Waals surface area contributed by atoms with Crippen molar-refractivity contribution in [2.24, 2.45) is 11.5 Å². The van der Waals surface area contributed by atoms with E-state index in [2.05, 4.69) is 20.5 Å². The topological polar surface area (TPSA) is 184 Å². The molecule has 0 unspecified atom stereocenters. The first-order chi connectivity index (χ1) is 20.8. The monoisotopic (exact) mass is 605 g/mol. The number of nitrogens with two attached hydrogens (primary N) is 2. The predicted molar refractivity (Wildman–Crippen MR) is 167 cm³/mol. The number of hydrogen-bond donors (Lipinski definition) is 5. The van der Waals surface area contributed by atoms with Gasteiger partial charge in [0, 0.05) is 53.2 Å². The van der Waals surface area contributed by atoms with E-state index >= 15 is 0 Å². The Kier molecular flexibility index (Phi) is 8.71. The summed E-state index contributed by atoms with van der Waals surface area (Å²) < 4.78 is 0. The molecule has 1 saturated carbocycles. The molecule has 3 aliphatic rings. The average molecular weight is 606 g/mol. The van der Waals surface area contributed by atoms with Gasteiger partial charge in [0.15, 0.2) is 0 Å². The smallest absolute Gasteiger partial charge is 0.407 e. The number of pyridine rings is 1. The van der Waals surface area contributed by atoms with Gasteiger partial charge in [0.2, 0.25) is 5.91 Å². The molecule has 1 aromatic carbocycles. The molecule has 3 atom stereocenters. The van der Waals surface area contributed by atoms with E-state index in [1.807, 2.05) is 26.8 Å². The maximum atomic E-state index is 13.4. The maximum Gasteiger partial charge on any atom is 0.407 e. The van der Waals surface area contributed by atoms with Crippen LogP contribution in [0, 0.1) is 0 Å². The van der Waals surface area contributed by atoms with Gasteiger partial charge in [-0.05, 0) is 102 Å². The number of carboxylic acid groups (broad SMARTS) is 1. The van der Waals surface area contributed by atoms with E-state index in [1.54, 1.807) is 24.3 Å². The normalized spacial score (nSPS) is 24.8. The van der Waals surface area contributed by atoms with Gasteiger partial charge in [-0.3, -0.25) is 14.4 Å². The molecule has 0 radical (unpaired) electrons. The minimum absolute atomic E-state index is 0.0105. The zero-order valence-corrected chi connectivity index (χ0v) is 25.6. The van der Waals surface area contributed by atoms with Crippen LogP contribution < -0.4 is 27.0 Å². The summed E-state index contributed by atoms with van der Waals surface area (Å²) in [6.45, 7) is 5.70. The summed E-state index contributed by atoms with van der Waals surface area (Å²) >= 11 is 0. The van der Waals surface area contributed by atoms with Gasteiger partial charge in [-0.2, -0.15) is 0 Å². The van der Waals surface area contributed by atoms with Crippen LogP contribution in [0.5, 0.6) is 0 Å². The molecule has 2 aliphatic heterocycles. The zero-order valence-electron chi connectivity index (χ0n) is 25.6. The molecule has 0 spiro atoms. The second-order valence-electron chi connectivity index (χ2n) is 13.3. The lowest BCUT2D eigenvalue weighted by Crippen LogP contribution is -2.52. The molecule has 2 bridgehead atoms. The Hall–Kier alpha value is -4.35. The lowest BCUT2D eigenvalue weighted by Gasteiger charge is -2.43. The third kappa shape index (κ3) is 6.58. The quantitative estimate of drug-likeness (QED) is 0.301. The van der Waals surface area contributed by atoms with Gasteiger partial charge in [0.25, 0.3) is 11.8 Å². The number of piperidine rings is 1. The van der Waals surface area contributed by atoms with Gasteiger partial charge in [0.05, 0.1) is 11.1 Å². The molecular formula is C32H43N7O5. The molecule has 2 aromatic rings. The molecule has 3 heterocycles. The minimum Gasteiger partial charge on any atom is -0.465 e. The molecule has 12 heteroatoms. The molecule has 1 aliphatic carbocycles. The first-order valence-electron chi connectivity index (χ1n) is 15.4. The summed E-state index contributed by atoms with van der Waals surface area (Å²) in [4.78, 5) is 57.3. The number of nitrogens with one attached hydrogen (secondary N) is 2. The van der Waals surface area contributed by atoms with Crippen LogP contribution >= 0.6 is 0 Å². The van der Waals surface area contributed by atoms with Gasteiger partial charge >= 0.3 is 6.09 Å². The number of primary amides is 2. The van der Waals surface area contributed by atoms with Crippen molar-refractivity contribution in [1.29, 1.82) is 0 Å². The summed E-state index contributed by atoms with van der Waals surface area (Å²) in [5, 5.41) is 16.4. The van der Waals surface area contributed by atoms with E-state index in [-0.39, 0.29) is 36.1 Å². The maximum absolute atomic E-state index is 13.4. The Morgan fingerprint density at radius 3 is 2.05 bits per heavy atom. The molecule has 236 valence electrons. The fourth-order valence-electron chi connectivity index (χ4n) is 7.33. The van der Waals surface area contributed by atoms with Gasteiger partial charge in [-0.25, -0.2) is 9.78 Å². The zero-order chi connectivity index (χ0) is 31.8. The number of amides is 4. The predicted octanol–water partition coefficient (Wildman–Crippen LogP) is 3.71. The van der Waals surface area contributed by atoms with Crippen molar-refractivity contribution in [3.63, 3.8) is 0 Å². The Labute approximate surface area is 257 Å². The summed E-state index contributed by atoms with van der Waals surface area (Å²) in [5.41, 5.74) is 12.2. The highest BCUT2D eigenvalue weighted by atomic mass is 16.4. The summed E-state index contributed by atoms with van der Waals surface area (Å²) in [7, 11) is 0. The van der Waals surface area contributed by atoms with Crippen molar-refractivity contribution in [1.82, 2.24) is 15.2 Å². The van der Waals surface area contributed by atoms with E-state index < -0.39 is 23.4 Å². The van der Waals surface area contributed by atoms with Crippen molar-refractivity contribution < 1.29 is 24.3 Å². The van der Waals surface area contributed by atoms with Crippen LogP contribution in [0.1, 0.15) is 103 Å². The Bertz CT molecular complexity index is 1400. The number of aromatic nitrogens is 1. The van der Waals surface area contributed by atoms with E-state index in [0.717, 1.165) is 44.3 Å². The van der Waals surface area contributed by atoms with Gasteiger partial charge in [0.1, 0.15) is 5.82 Å². The SMILES string of the molecule is CC(C)(C)N(C(=O)O)[C@H]1CC[C@H](Nc2cc(C(=O)N[C@H]3C[C@H]4CC[C@@H](C3)N4c3ccc(C(N)=O)cn3)ccc2C(N)=O)CC1. The van der Waals surface area contributed by atoms with E-state index in [4.69, 9.17) is 11.5 Å². The highest BCUT2D eigenvalue weighted by Crippen LogP contribution is 2.39. The van der Waals surface area contributed by atoms with E-state index in [9.17, 15) is 24.3 Å². The number of hydrogen-bond acceptors (Lipinski definition) is 7. The number of benzene rings is 1. The van der Waals surface area contributed by atoms with Gasteiger partial charge < -0.3 is 37.0 Å². The fraction of sp³-hybridized carbons (Fsp3) is 0.531. The largest absolute Gasteiger partial charge is 0.465 e. The molecule has 3 fully saturated rings. The molecule has 2 saturated heterocycles. The Balaban J connectivity index is 1.22. The van der Waals surface area contributed by atoms with Crippen molar-refractivity contribution in [2.45, 2.75) is 108 Å². The second kappa shape index (κ2) is 12.3. The van der Waals surface area contributed by atoms with Crippen LogP contribution in [0.15, 0.2) is 36.5 Å². The van der Waals surface area contributed by atoms with Crippen LogP contribution in [0.25, 0.3) is 0 Å². The average Bonchev–Trinajstić information content (AvgIpc) is 3.22. The Morgan fingerprint density at radius 1 is 0.886 bits per heavy atom. The summed E-state index contributed by atoms with van der Waals surface area (Å²) in [6.07, 6.45) is 6.97. The number of anilines is 2. The third-order valence-electron chi connectivity index (χ3n) is 9.26. The number of carbonyl (C=O) groups is 4. The Morgan fingerprint density at radius 2 is 1.52 bits per heavy atom. The second-order valence-corrected chi connectivity index (χ2v) is 13.3. The van der Waals surface area contributed by atoms with Crippen molar-refractivity contribution >= 4 is 35.3 Å². The van der Waals surface area contributed by atoms with Crippen LogP contribution in [-0.4, -0.2) is 74.6 Å². The van der Waals surface area contributed by atoms with Crippen LogP contribution in [0.4, 0.5) is 16.3 Å². The molecule has 7 N–H and O–H groups in total. The standard InChI is InChI=1S/C32H43N7O5/c1-32(2,3)39(31(43)44)22-8-6-20(7-9-22)36-26-14-18(4-12-25(26)29(34)41)30(42)37-21-15-23-10-11-24(16-21)38(23)27-13-5-19(17-35-27)28(33)40/h4-5,12-14,17,20-24,36H,6-11,15-16H2,1-3H3,(H2,33,40)(H2,34,41)(H,37,42)(H,43,44)/t20-,21-,22-,23+,24-. The van der Waals surface area contributed by atoms with E-state index in [0.29, 0.717) is 35.2 Å². The van der Waals surface area contributed by atoms with Gasteiger partial charge in [-0.1, -0.05) is 0 Å². The molecule has 5 rings (SSSR count). The van der Waals surface area contributed by atoms with Crippen LogP contribution in [0.2, 0.25) is 0 Å². The number of nitrogens with zero attached hydrogens (tertiary/aromatic N) is 3. The first kappa shape index (κ1) is 31.1. The first-order valence-corrected chi connectivity index (χ1v) is 15.4. The third-order valence-corrected chi connectivity index (χ3v) is 9.26. The fourth-order valence-corrected chi connectivity index (χ4v) is 7.33. The van der Waals surface area contributed by atoms with Crippen LogP contribution in [0.3, 0.4) is 0 Å². The van der Waals surface area contributed by atoms with Gasteiger partial charge in [-0.15, -0.1) is 0 Å². The highest BCUT2D eigenvalue weighted by molar-refractivity contribution is 6.02. The summed E-state index contributed by atoms with van der Waals surface area (Å²) in [6, 6.07) is 8.81. The lowest BCUT2D eigenvalue weighted by molar-refractivity contribution is 0.0556. The van der Waals surface area contributed by atoms with Crippen LogP contribution in [-0.2, 0) is 0 Å². The molecule has 44 heavy (non-hydrogen) atoms. The number of carbonyl (C=O) groups excluding carboxylic acids is 3. The minimum atomic E-state index is -0.919. The molecular weight excluding hydrogens is 562 g/mol. The van der Waals surface area contributed by atoms with Crippen molar-refractivity contribution in [3.05, 3.63) is 53.2 Å². The van der Waals surface area contributed by atoms with E-state index in [1.165, 1.54) is 11.1 Å². The number of fused-ring (bicyclic) bond motifs is 2. The molecule has 1 aromatic heterocycles. The molecule has 4 amide bonds. The van der Waals surface area contributed by atoms with Crippen molar-refractivity contribution in [3.8, 4) is 0 Å².